The Bertz CT molecular complexity index is 742. The fraction of sp³-hybridized carbons (Fsp3) is 0.188. The summed E-state index contributed by atoms with van der Waals surface area (Å²) in [6.45, 7) is 1.85. The van der Waals surface area contributed by atoms with Crippen LogP contribution in [0.4, 0.5) is 5.00 Å². The summed E-state index contributed by atoms with van der Waals surface area (Å²) < 4.78 is 4.71. The predicted molar refractivity (Wildman–Crippen MR) is 84.1 cm³/mol. The maximum atomic E-state index is 12.2. The number of amides is 1. The number of anilines is 1. The lowest BCUT2D eigenvalue weighted by molar-refractivity contribution is 0.0602. The molecule has 0 spiro atoms. The monoisotopic (exact) mass is 314 g/mol. The molecule has 0 atom stereocenters. The van der Waals surface area contributed by atoms with Gasteiger partial charge in [0, 0.05) is 10.4 Å². The van der Waals surface area contributed by atoms with Crippen LogP contribution in [-0.4, -0.2) is 19.0 Å². The van der Waals surface area contributed by atoms with Crippen LogP contribution in [0, 0.1) is 18.3 Å². The summed E-state index contributed by atoms with van der Waals surface area (Å²) in [5, 5.41) is 11.8. The highest BCUT2D eigenvalue weighted by atomic mass is 32.1. The summed E-state index contributed by atoms with van der Waals surface area (Å²) in [5.41, 5.74) is 1.66. The van der Waals surface area contributed by atoms with Gasteiger partial charge < -0.3 is 10.1 Å². The summed E-state index contributed by atoms with van der Waals surface area (Å²) in [6.07, 6.45) is 0.304. The van der Waals surface area contributed by atoms with E-state index in [1.165, 1.54) is 18.4 Å². The molecule has 0 unspecified atom stereocenters. The van der Waals surface area contributed by atoms with Gasteiger partial charge >= 0.3 is 5.97 Å². The number of ether oxygens (including phenoxy) is 1. The normalized spacial score (nSPS) is 9.86. The van der Waals surface area contributed by atoms with Crippen LogP contribution in [0.2, 0.25) is 0 Å². The summed E-state index contributed by atoms with van der Waals surface area (Å²) in [4.78, 5) is 24.8. The summed E-state index contributed by atoms with van der Waals surface area (Å²) >= 11 is 1.32. The minimum absolute atomic E-state index is 0.304. The molecule has 2 rings (SSSR count). The Hall–Kier alpha value is -2.65. The van der Waals surface area contributed by atoms with Gasteiger partial charge in [-0.15, -0.1) is 11.3 Å². The smallest absolute Gasteiger partial charge is 0.340 e. The number of rotatable bonds is 4. The second-order valence-corrected chi connectivity index (χ2v) is 5.83. The van der Waals surface area contributed by atoms with Crippen molar-refractivity contribution in [1.82, 2.24) is 0 Å². The number of carbonyl (C=O) groups excluding carboxylic acids is 2. The standard InChI is InChI=1S/C16H14N2O3S/c1-10-9-13(16(20)21-2)15(22-10)18-14(19)12-5-3-11(4-6-12)7-8-17/h3-6,9H,7H2,1-2H3,(H,18,19). The molecule has 0 aliphatic heterocycles. The Balaban J connectivity index is 2.18. The summed E-state index contributed by atoms with van der Waals surface area (Å²) in [5.74, 6) is -0.792. The Kier molecular flexibility index (Phi) is 4.92. The predicted octanol–water partition coefficient (Wildman–Crippen LogP) is 3.16. The van der Waals surface area contributed by atoms with Crippen molar-refractivity contribution >= 4 is 28.2 Å². The van der Waals surface area contributed by atoms with Crippen LogP contribution in [0.5, 0.6) is 0 Å². The van der Waals surface area contributed by atoms with Crippen LogP contribution in [0.15, 0.2) is 30.3 Å². The molecule has 6 heteroatoms. The molecule has 1 amide bonds. The van der Waals surface area contributed by atoms with Crippen molar-refractivity contribution in [1.29, 1.82) is 5.26 Å². The quantitative estimate of drug-likeness (QED) is 0.879. The van der Waals surface area contributed by atoms with Crippen LogP contribution < -0.4 is 5.32 Å². The molecule has 1 aromatic carbocycles. The molecular formula is C16H14N2O3S. The SMILES string of the molecule is COC(=O)c1cc(C)sc1NC(=O)c1ccc(CC#N)cc1. The minimum Gasteiger partial charge on any atom is -0.465 e. The largest absolute Gasteiger partial charge is 0.465 e. The lowest BCUT2D eigenvalue weighted by Gasteiger charge is -2.05. The molecule has 0 radical (unpaired) electrons. The third kappa shape index (κ3) is 3.51. The van der Waals surface area contributed by atoms with E-state index in [0.29, 0.717) is 22.5 Å². The van der Waals surface area contributed by atoms with Gasteiger partial charge in [0.15, 0.2) is 0 Å². The molecule has 0 bridgehead atoms. The molecule has 1 aromatic heterocycles. The zero-order chi connectivity index (χ0) is 16.1. The molecule has 0 aliphatic carbocycles. The Morgan fingerprint density at radius 1 is 1.32 bits per heavy atom. The Morgan fingerprint density at radius 3 is 2.59 bits per heavy atom. The van der Waals surface area contributed by atoms with Gasteiger partial charge in [-0.25, -0.2) is 4.79 Å². The average Bonchev–Trinajstić information content (AvgIpc) is 2.88. The van der Waals surface area contributed by atoms with Crippen LogP contribution in [0.3, 0.4) is 0 Å². The van der Waals surface area contributed by atoms with Gasteiger partial charge in [-0.2, -0.15) is 5.26 Å². The first kappa shape index (κ1) is 15.7. The molecule has 5 nitrogen and oxygen atoms in total. The van der Waals surface area contributed by atoms with Crippen LogP contribution in [-0.2, 0) is 11.2 Å². The summed E-state index contributed by atoms with van der Waals surface area (Å²) in [7, 11) is 1.30. The highest BCUT2D eigenvalue weighted by Crippen LogP contribution is 2.28. The van der Waals surface area contributed by atoms with Crippen LogP contribution in [0.25, 0.3) is 0 Å². The number of esters is 1. The van der Waals surface area contributed by atoms with E-state index in [-0.39, 0.29) is 5.91 Å². The highest BCUT2D eigenvalue weighted by molar-refractivity contribution is 7.16. The minimum atomic E-state index is -0.482. The van der Waals surface area contributed by atoms with Crippen LogP contribution >= 0.6 is 11.3 Å². The van der Waals surface area contributed by atoms with E-state index < -0.39 is 5.97 Å². The molecule has 0 saturated carbocycles. The molecule has 0 fully saturated rings. The van der Waals surface area contributed by atoms with E-state index in [1.54, 1.807) is 30.3 Å². The van der Waals surface area contributed by atoms with Gasteiger partial charge in [0.1, 0.15) is 5.00 Å². The van der Waals surface area contributed by atoms with Gasteiger partial charge in [-0.05, 0) is 30.7 Å². The van der Waals surface area contributed by atoms with Crippen molar-refractivity contribution in [3.63, 3.8) is 0 Å². The first-order valence-electron chi connectivity index (χ1n) is 6.51. The van der Waals surface area contributed by atoms with E-state index in [0.717, 1.165) is 10.4 Å². The van der Waals surface area contributed by atoms with E-state index in [2.05, 4.69) is 11.4 Å². The van der Waals surface area contributed by atoms with Crippen molar-refractivity contribution in [3.8, 4) is 6.07 Å². The van der Waals surface area contributed by atoms with Crippen molar-refractivity contribution in [2.75, 3.05) is 12.4 Å². The van der Waals surface area contributed by atoms with E-state index in [9.17, 15) is 9.59 Å². The van der Waals surface area contributed by atoms with Gasteiger partial charge in [0.05, 0.1) is 25.2 Å². The van der Waals surface area contributed by atoms with E-state index in [1.807, 2.05) is 6.92 Å². The zero-order valence-corrected chi connectivity index (χ0v) is 13.0. The molecule has 22 heavy (non-hydrogen) atoms. The number of hydrogen-bond donors (Lipinski definition) is 1. The van der Waals surface area contributed by atoms with Gasteiger partial charge in [-0.3, -0.25) is 4.79 Å². The van der Waals surface area contributed by atoms with E-state index >= 15 is 0 Å². The van der Waals surface area contributed by atoms with Gasteiger partial charge in [-0.1, -0.05) is 12.1 Å². The topological polar surface area (TPSA) is 79.2 Å². The van der Waals surface area contributed by atoms with Crippen LogP contribution in [0.1, 0.15) is 31.2 Å². The number of nitrogens with zero attached hydrogens (tertiary/aromatic N) is 1. The number of nitrogens with one attached hydrogen (secondary N) is 1. The molecule has 112 valence electrons. The first-order valence-corrected chi connectivity index (χ1v) is 7.32. The van der Waals surface area contributed by atoms with Crippen molar-refractivity contribution in [3.05, 3.63) is 51.9 Å². The lowest BCUT2D eigenvalue weighted by Crippen LogP contribution is -2.13. The van der Waals surface area contributed by atoms with E-state index in [4.69, 9.17) is 10.00 Å². The molecule has 1 heterocycles. The molecule has 1 N–H and O–H groups in total. The number of benzene rings is 1. The number of carbonyl (C=O) groups is 2. The fourth-order valence-electron chi connectivity index (χ4n) is 1.91. The Morgan fingerprint density at radius 2 is 2.00 bits per heavy atom. The average molecular weight is 314 g/mol. The molecule has 0 aliphatic rings. The lowest BCUT2D eigenvalue weighted by atomic mass is 10.1. The third-order valence-corrected chi connectivity index (χ3v) is 3.95. The third-order valence-electron chi connectivity index (χ3n) is 2.99. The number of aryl methyl sites for hydroxylation is 1. The summed E-state index contributed by atoms with van der Waals surface area (Å²) in [6, 6.07) is 10.5. The van der Waals surface area contributed by atoms with Crippen molar-refractivity contribution < 1.29 is 14.3 Å². The zero-order valence-electron chi connectivity index (χ0n) is 12.2. The molecule has 0 saturated heterocycles. The number of nitriles is 1. The number of methoxy groups -OCH3 is 1. The second-order valence-electron chi connectivity index (χ2n) is 4.58. The fourth-order valence-corrected chi connectivity index (χ4v) is 2.80. The van der Waals surface area contributed by atoms with Gasteiger partial charge in [0.25, 0.3) is 5.91 Å². The maximum absolute atomic E-state index is 12.2. The molecular weight excluding hydrogens is 300 g/mol. The first-order chi connectivity index (χ1) is 10.5. The van der Waals surface area contributed by atoms with Gasteiger partial charge in [0.2, 0.25) is 0 Å². The number of thiophene rings is 1. The number of hydrogen-bond acceptors (Lipinski definition) is 5. The van der Waals surface area contributed by atoms with Crippen molar-refractivity contribution in [2.45, 2.75) is 13.3 Å². The van der Waals surface area contributed by atoms with Crippen molar-refractivity contribution in [2.24, 2.45) is 0 Å². The second kappa shape index (κ2) is 6.87. The maximum Gasteiger partial charge on any atom is 0.340 e. The highest BCUT2D eigenvalue weighted by Gasteiger charge is 2.17. The Labute approximate surface area is 132 Å². The molecule has 2 aromatic rings.